The summed E-state index contributed by atoms with van der Waals surface area (Å²) in [5.41, 5.74) is 0. The zero-order valence-corrected chi connectivity index (χ0v) is 8.25. The van der Waals surface area contributed by atoms with Crippen molar-refractivity contribution in [3.05, 3.63) is 17.5 Å². The lowest BCUT2D eigenvalue weighted by Crippen LogP contribution is -2.06. The van der Waals surface area contributed by atoms with E-state index in [4.69, 9.17) is 11.6 Å². The zero-order valence-electron chi connectivity index (χ0n) is 7.50. The molecule has 1 aliphatic carbocycles. The molecule has 1 saturated carbocycles. The molecule has 1 heterocycles. The van der Waals surface area contributed by atoms with Crippen LogP contribution in [0.15, 0.2) is 12.3 Å². The summed E-state index contributed by atoms with van der Waals surface area (Å²) in [6.07, 6.45) is 2.99. The number of anilines is 1. The van der Waals surface area contributed by atoms with Gasteiger partial charge in [0.2, 0.25) is 5.28 Å². The highest BCUT2D eigenvalue weighted by atomic mass is 35.5. The predicted octanol–water partition coefficient (Wildman–Crippen LogP) is 2.20. The van der Waals surface area contributed by atoms with Gasteiger partial charge >= 0.3 is 0 Å². The third kappa shape index (κ3) is 2.31. The maximum absolute atomic E-state index is 5.64. The van der Waals surface area contributed by atoms with Crippen LogP contribution in [0.2, 0.25) is 5.28 Å². The van der Waals surface area contributed by atoms with Gasteiger partial charge in [0.15, 0.2) is 0 Å². The van der Waals surface area contributed by atoms with E-state index >= 15 is 0 Å². The molecule has 1 aromatic heterocycles. The van der Waals surface area contributed by atoms with Gasteiger partial charge in [-0.2, -0.15) is 0 Å². The molecule has 3 nitrogen and oxygen atoms in total. The van der Waals surface area contributed by atoms with Crippen LogP contribution in [0, 0.1) is 11.8 Å². The topological polar surface area (TPSA) is 37.8 Å². The minimum atomic E-state index is 0.300. The lowest BCUT2D eigenvalue weighted by Gasteiger charge is -2.03. The first-order chi connectivity index (χ1) is 6.25. The number of hydrogen-bond donors (Lipinski definition) is 1. The monoisotopic (exact) mass is 197 g/mol. The molecule has 1 N–H and O–H groups in total. The number of hydrogen-bond acceptors (Lipinski definition) is 3. The Morgan fingerprint density at radius 1 is 1.69 bits per heavy atom. The molecule has 0 saturated heterocycles. The minimum Gasteiger partial charge on any atom is -0.370 e. The molecular formula is C9H12ClN3. The van der Waals surface area contributed by atoms with Gasteiger partial charge in [-0.25, -0.2) is 9.97 Å². The Bertz CT molecular complexity index is 303. The summed E-state index contributed by atoms with van der Waals surface area (Å²) in [5, 5.41) is 3.54. The Labute approximate surface area is 82.5 Å². The van der Waals surface area contributed by atoms with Gasteiger partial charge in [-0.3, -0.25) is 0 Å². The third-order valence-corrected chi connectivity index (χ3v) is 2.63. The number of nitrogens with one attached hydrogen (secondary N) is 1. The molecule has 0 radical (unpaired) electrons. The van der Waals surface area contributed by atoms with Gasteiger partial charge < -0.3 is 5.32 Å². The highest BCUT2D eigenvalue weighted by Crippen LogP contribution is 2.37. The number of halogens is 1. The summed E-state index contributed by atoms with van der Waals surface area (Å²) in [5.74, 6) is 2.50. The number of nitrogens with zero attached hydrogens (tertiary/aromatic N) is 2. The first-order valence-corrected chi connectivity index (χ1v) is 4.86. The van der Waals surface area contributed by atoms with Crippen molar-refractivity contribution in [2.24, 2.45) is 11.8 Å². The summed E-state index contributed by atoms with van der Waals surface area (Å²) < 4.78 is 0. The van der Waals surface area contributed by atoms with Crippen molar-refractivity contribution in [1.29, 1.82) is 0 Å². The van der Waals surface area contributed by atoms with Crippen LogP contribution in [0.1, 0.15) is 13.3 Å². The lowest BCUT2D eigenvalue weighted by molar-refractivity contribution is 0.784. The first kappa shape index (κ1) is 8.75. The lowest BCUT2D eigenvalue weighted by atomic mass is 10.3. The molecule has 0 aromatic carbocycles. The van der Waals surface area contributed by atoms with Crippen LogP contribution < -0.4 is 5.32 Å². The molecule has 0 amide bonds. The van der Waals surface area contributed by atoms with Crippen molar-refractivity contribution < 1.29 is 0 Å². The number of rotatable bonds is 3. The van der Waals surface area contributed by atoms with E-state index in [1.54, 1.807) is 6.20 Å². The highest BCUT2D eigenvalue weighted by molar-refractivity contribution is 6.28. The average Bonchev–Trinajstić information content (AvgIpc) is 2.79. The van der Waals surface area contributed by atoms with E-state index in [1.165, 1.54) is 6.42 Å². The molecule has 2 rings (SSSR count). The van der Waals surface area contributed by atoms with Crippen molar-refractivity contribution in [1.82, 2.24) is 9.97 Å². The second-order valence-corrected chi connectivity index (χ2v) is 3.90. The van der Waals surface area contributed by atoms with E-state index in [9.17, 15) is 0 Å². The van der Waals surface area contributed by atoms with Crippen molar-refractivity contribution in [3.63, 3.8) is 0 Å². The maximum atomic E-state index is 5.64. The first-order valence-electron chi connectivity index (χ1n) is 4.48. The molecule has 4 heteroatoms. The quantitative estimate of drug-likeness (QED) is 0.755. The molecule has 1 aromatic rings. The van der Waals surface area contributed by atoms with Crippen LogP contribution in [0.4, 0.5) is 5.82 Å². The summed E-state index contributed by atoms with van der Waals surface area (Å²) in [6, 6.07) is 1.83. The van der Waals surface area contributed by atoms with Crippen molar-refractivity contribution >= 4 is 17.4 Å². The molecule has 13 heavy (non-hydrogen) atoms. The Morgan fingerprint density at radius 3 is 3.08 bits per heavy atom. The van der Waals surface area contributed by atoms with Crippen molar-refractivity contribution in [2.75, 3.05) is 11.9 Å². The highest BCUT2D eigenvalue weighted by Gasteiger charge is 2.31. The molecule has 2 unspecified atom stereocenters. The fourth-order valence-electron chi connectivity index (χ4n) is 1.35. The Hall–Kier alpha value is -0.830. The molecule has 0 spiro atoms. The minimum absolute atomic E-state index is 0.300. The Kier molecular flexibility index (Phi) is 2.36. The number of aromatic nitrogens is 2. The summed E-state index contributed by atoms with van der Waals surface area (Å²) in [7, 11) is 0. The van der Waals surface area contributed by atoms with Gasteiger partial charge in [0, 0.05) is 12.7 Å². The second-order valence-electron chi connectivity index (χ2n) is 3.56. The Balaban J connectivity index is 1.87. The van der Waals surface area contributed by atoms with Gasteiger partial charge in [-0.05, 0) is 35.9 Å². The molecule has 70 valence electrons. The van der Waals surface area contributed by atoms with Gasteiger partial charge in [0.05, 0.1) is 0 Å². The van der Waals surface area contributed by atoms with E-state index < -0.39 is 0 Å². The van der Waals surface area contributed by atoms with Crippen LogP contribution in [-0.4, -0.2) is 16.5 Å². The van der Waals surface area contributed by atoms with E-state index in [0.29, 0.717) is 5.28 Å². The van der Waals surface area contributed by atoms with Crippen LogP contribution in [0.5, 0.6) is 0 Å². The van der Waals surface area contributed by atoms with Gasteiger partial charge in [0.25, 0.3) is 0 Å². The maximum Gasteiger partial charge on any atom is 0.224 e. The van der Waals surface area contributed by atoms with E-state index in [1.807, 2.05) is 6.07 Å². The van der Waals surface area contributed by atoms with Crippen LogP contribution in [0.3, 0.4) is 0 Å². The standard InChI is InChI=1S/C9H12ClN3/c1-6-4-7(6)5-12-8-2-3-11-9(10)13-8/h2-3,6-7H,4-5H2,1H3,(H,11,12,13). The summed E-state index contributed by atoms with van der Waals surface area (Å²) in [4.78, 5) is 7.85. The van der Waals surface area contributed by atoms with Gasteiger partial charge in [-0.15, -0.1) is 0 Å². The molecular weight excluding hydrogens is 186 g/mol. The van der Waals surface area contributed by atoms with E-state index in [-0.39, 0.29) is 0 Å². The Morgan fingerprint density at radius 2 is 2.46 bits per heavy atom. The zero-order chi connectivity index (χ0) is 9.26. The molecule has 1 aliphatic rings. The average molecular weight is 198 g/mol. The third-order valence-electron chi connectivity index (χ3n) is 2.45. The summed E-state index contributed by atoms with van der Waals surface area (Å²) in [6.45, 7) is 3.26. The molecule has 0 aliphatic heterocycles. The van der Waals surface area contributed by atoms with Crippen molar-refractivity contribution in [3.8, 4) is 0 Å². The van der Waals surface area contributed by atoms with Crippen LogP contribution in [-0.2, 0) is 0 Å². The normalized spacial score (nSPS) is 25.7. The summed E-state index contributed by atoms with van der Waals surface area (Å²) >= 11 is 5.64. The SMILES string of the molecule is CC1CC1CNc1ccnc(Cl)n1. The van der Waals surface area contributed by atoms with Crippen molar-refractivity contribution in [2.45, 2.75) is 13.3 Å². The van der Waals surface area contributed by atoms with Crippen LogP contribution in [0.25, 0.3) is 0 Å². The smallest absolute Gasteiger partial charge is 0.224 e. The molecule has 0 bridgehead atoms. The molecule has 1 fully saturated rings. The van der Waals surface area contributed by atoms with Crippen LogP contribution >= 0.6 is 11.6 Å². The van der Waals surface area contributed by atoms with E-state index in [2.05, 4.69) is 22.2 Å². The fourth-order valence-corrected chi connectivity index (χ4v) is 1.50. The second kappa shape index (κ2) is 3.50. The van der Waals surface area contributed by atoms with E-state index in [0.717, 1.165) is 24.2 Å². The fraction of sp³-hybridized carbons (Fsp3) is 0.556. The van der Waals surface area contributed by atoms with Gasteiger partial charge in [0.1, 0.15) is 5.82 Å². The van der Waals surface area contributed by atoms with Gasteiger partial charge in [-0.1, -0.05) is 6.92 Å². The predicted molar refractivity (Wildman–Crippen MR) is 52.8 cm³/mol. The largest absolute Gasteiger partial charge is 0.370 e. The molecule has 2 atom stereocenters.